The van der Waals surface area contributed by atoms with Crippen LogP contribution in [0.2, 0.25) is 0 Å². The van der Waals surface area contributed by atoms with Crippen molar-refractivity contribution >= 4 is 31.4 Å². The first-order valence-corrected chi connectivity index (χ1v) is 11.4. The van der Waals surface area contributed by atoms with Crippen LogP contribution in [0.25, 0.3) is 0 Å². The second kappa shape index (κ2) is 7.65. The Morgan fingerprint density at radius 3 is 1.82 bits per heavy atom. The lowest BCUT2D eigenvalue weighted by Gasteiger charge is -2.12. The van der Waals surface area contributed by atoms with Crippen molar-refractivity contribution < 1.29 is 16.8 Å². The highest BCUT2D eigenvalue weighted by Gasteiger charge is 2.18. The van der Waals surface area contributed by atoms with Gasteiger partial charge in [-0.05, 0) is 61.9 Å². The third-order valence-corrected chi connectivity index (χ3v) is 7.00. The van der Waals surface area contributed by atoms with Gasteiger partial charge in [0.1, 0.15) is 0 Å². The Kier molecular flexibility index (Phi) is 5.44. The van der Waals surface area contributed by atoms with Gasteiger partial charge in [0.15, 0.2) is 0 Å². The molecule has 0 fully saturated rings. The van der Waals surface area contributed by atoms with Crippen molar-refractivity contribution in [3.63, 3.8) is 0 Å². The lowest BCUT2D eigenvalue weighted by molar-refractivity contribution is 0.599. The van der Waals surface area contributed by atoms with E-state index in [4.69, 9.17) is 0 Å². The molecule has 3 rings (SSSR count). The fourth-order valence-corrected chi connectivity index (χ4v) is 5.08. The lowest BCUT2D eigenvalue weighted by Crippen LogP contribution is -2.15. The van der Waals surface area contributed by atoms with Crippen LogP contribution in [0.3, 0.4) is 0 Å². The first-order valence-electron chi connectivity index (χ1n) is 8.45. The van der Waals surface area contributed by atoms with Gasteiger partial charge in [0.2, 0.25) is 0 Å². The summed E-state index contributed by atoms with van der Waals surface area (Å²) < 4.78 is 55.1. The van der Waals surface area contributed by atoms with Gasteiger partial charge in [-0.1, -0.05) is 35.9 Å². The van der Waals surface area contributed by atoms with Gasteiger partial charge in [0, 0.05) is 11.4 Å². The van der Waals surface area contributed by atoms with Crippen LogP contribution in [0.15, 0.2) is 82.6 Å². The molecule has 8 heteroatoms. The van der Waals surface area contributed by atoms with Gasteiger partial charge >= 0.3 is 0 Å². The van der Waals surface area contributed by atoms with E-state index in [2.05, 4.69) is 9.44 Å². The summed E-state index contributed by atoms with van der Waals surface area (Å²) in [6.07, 6.45) is 0. The molecule has 0 aliphatic carbocycles. The fourth-order valence-electron chi connectivity index (χ4n) is 2.73. The first kappa shape index (κ1) is 19.9. The van der Waals surface area contributed by atoms with Crippen LogP contribution < -0.4 is 9.44 Å². The second-order valence-corrected chi connectivity index (χ2v) is 9.70. The van der Waals surface area contributed by atoms with E-state index in [-0.39, 0.29) is 15.5 Å². The molecule has 0 aliphatic heterocycles. The normalized spacial score (nSPS) is 11.8. The second-order valence-electron chi connectivity index (χ2n) is 6.37. The van der Waals surface area contributed by atoms with Crippen molar-refractivity contribution in [1.82, 2.24) is 0 Å². The van der Waals surface area contributed by atoms with Crippen molar-refractivity contribution in [1.29, 1.82) is 0 Å². The number of anilines is 2. The van der Waals surface area contributed by atoms with E-state index in [0.717, 1.165) is 5.56 Å². The van der Waals surface area contributed by atoms with Gasteiger partial charge in [0.25, 0.3) is 20.0 Å². The molecule has 0 amide bonds. The third kappa shape index (κ3) is 4.52. The largest absolute Gasteiger partial charge is 0.280 e. The Hall–Kier alpha value is -2.84. The van der Waals surface area contributed by atoms with Crippen molar-refractivity contribution in [2.45, 2.75) is 23.6 Å². The van der Waals surface area contributed by atoms with Gasteiger partial charge in [0.05, 0.1) is 9.79 Å². The molecular weight excluding hydrogens is 396 g/mol. The van der Waals surface area contributed by atoms with Crippen LogP contribution in [0.1, 0.15) is 11.1 Å². The van der Waals surface area contributed by atoms with E-state index in [1.54, 1.807) is 55.5 Å². The number of hydrogen-bond acceptors (Lipinski definition) is 4. The van der Waals surface area contributed by atoms with E-state index in [1.807, 2.05) is 6.92 Å². The molecule has 0 spiro atoms. The minimum Gasteiger partial charge on any atom is -0.280 e. The summed E-state index contributed by atoms with van der Waals surface area (Å²) in [5.41, 5.74) is 2.33. The number of para-hydroxylation sites is 1. The van der Waals surface area contributed by atoms with Crippen LogP contribution in [0, 0.1) is 13.8 Å². The maximum absolute atomic E-state index is 12.6. The molecule has 0 heterocycles. The molecule has 0 aliphatic rings. The molecule has 0 unspecified atom stereocenters. The predicted octanol–water partition coefficient (Wildman–Crippen LogP) is 3.91. The molecule has 2 N–H and O–H groups in total. The quantitative estimate of drug-likeness (QED) is 0.637. The molecule has 0 radical (unpaired) electrons. The Morgan fingerprint density at radius 2 is 1.21 bits per heavy atom. The monoisotopic (exact) mass is 416 g/mol. The van der Waals surface area contributed by atoms with Crippen LogP contribution in [0.5, 0.6) is 0 Å². The van der Waals surface area contributed by atoms with Crippen molar-refractivity contribution in [2.24, 2.45) is 0 Å². The molecule has 146 valence electrons. The van der Waals surface area contributed by atoms with Crippen LogP contribution in [-0.4, -0.2) is 16.8 Å². The number of hydrogen-bond donors (Lipinski definition) is 2. The molecule has 28 heavy (non-hydrogen) atoms. The highest BCUT2D eigenvalue weighted by Crippen LogP contribution is 2.22. The summed E-state index contributed by atoms with van der Waals surface area (Å²) in [7, 11) is -7.54. The Bertz CT molecular complexity index is 1190. The highest BCUT2D eigenvalue weighted by molar-refractivity contribution is 7.93. The summed E-state index contributed by atoms with van der Waals surface area (Å²) >= 11 is 0. The van der Waals surface area contributed by atoms with Gasteiger partial charge in [-0.15, -0.1) is 0 Å². The summed E-state index contributed by atoms with van der Waals surface area (Å²) in [5.74, 6) is 0. The van der Waals surface area contributed by atoms with E-state index >= 15 is 0 Å². The highest BCUT2D eigenvalue weighted by atomic mass is 32.2. The summed E-state index contributed by atoms with van der Waals surface area (Å²) in [5, 5.41) is 0. The van der Waals surface area contributed by atoms with Crippen LogP contribution in [0.4, 0.5) is 11.4 Å². The summed E-state index contributed by atoms with van der Waals surface area (Å²) in [6.45, 7) is 3.62. The molecule has 0 saturated heterocycles. The minimum atomic E-state index is -3.77. The number of nitrogens with one attached hydrogen (secondary N) is 2. The fraction of sp³-hybridized carbons (Fsp3) is 0.100. The maximum Gasteiger partial charge on any atom is 0.262 e. The number of sulfonamides is 2. The zero-order valence-corrected chi connectivity index (χ0v) is 17.0. The van der Waals surface area contributed by atoms with Gasteiger partial charge in [-0.25, -0.2) is 16.8 Å². The first-order chi connectivity index (χ1) is 13.2. The van der Waals surface area contributed by atoms with Crippen molar-refractivity contribution in [3.8, 4) is 0 Å². The molecular formula is C20H20N2O4S2. The zero-order valence-electron chi connectivity index (χ0n) is 15.4. The summed E-state index contributed by atoms with van der Waals surface area (Å²) in [4.78, 5) is 0.214. The number of aryl methyl sites for hydroxylation is 2. The van der Waals surface area contributed by atoms with Gasteiger partial charge in [-0.2, -0.15) is 0 Å². The topological polar surface area (TPSA) is 92.3 Å². The lowest BCUT2D eigenvalue weighted by atomic mass is 10.2. The van der Waals surface area contributed by atoms with Gasteiger partial charge in [-0.3, -0.25) is 9.44 Å². The predicted molar refractivity (Wildman–Crippen MR) is 110 cm³/mol. The van der Waals surface area contributed by atoms with Crippen LogP contribution in [-0.2, 0) is 20.0 Å². The minimum absolute atomic E-state index is 0.0332. The van der Waals surface area contributed by atoms with E-state index < -0.39 is 20.0 Å². The average molecular weight is 417 g/mol. The molecule has 0 bridgehead atoms. The van der Waals surface area contributed by atoms with E-state index in [0.29, 0.717) is 11.3 Å². The number of benzene rings is 3. The molecule has 0 atom stereocenters. The molecule has 0 aromatic heterocycles. The van der Waals surface area contributed by atoms with Crippen LogP contribution >= 0.6 is 0 Å². The van der Waals surface area contributed by atoms with Crippen molar-refractivity contribution in [2.75, 3.05) is 9.44 Å². The Balaban J connectivity index is 1.81. The zero-order chi connectivity index (χ0) is 20.4. The number of rotatable bonds is 6. The average Bonchev–Trinajstić information content (AvgIpc) is 2.62. The molecule has 0 saturated carbocycles. The summed E-state index contributed by atoms with van der Waals surface area (Å²) in [6, 6.07) is 19.1. The Morgan fingerprint density at radius 1 is 0.643 bits per heavy atom. The SMILES string of the molecule is Cc1ccc(S(=O)(=O)Nc2ccc(S(=O)(=O)Nc3ccccc3)cc2)c(C)c1. The van der Waals surface area contributed by atoms with Gasteiger partial charge < -0.3 is 0 Å². The maximum atomic E-state index is 12.6. The van der Waals surface area contributed by atoms with E-state index in [9.17, 15) is 16.8 Å². The van der Waals surface area contributed by atoms with E-state index in [1.165, 1.54) is 24.3 Å². The molecule has 6 nitrogen and oxygen atoms in total. The molecule has 3 aromatic carbocycles. The third-order valence-electron chi connectivity index (χ3n) is 4.06. The Labute approximate surface area is 165 Å². The smallest absolute Gasteiger partial charge is 0.262 e. The standard InChI is InChI=1S/C20H20N2O4S2/c1-15-8-13-20(16(2)14-15)28(25,26)22-18-9-11-19(12-10-18)27(23,24)21-17-6-4-3-5-7-17/h3-14,21-22H,1-2H3. The van der Waals surface area contributed by atoms with Crippen molar-refractivity contribution in [3.05, 3.63) is 83.9 Å². The molecule has 3 aromatic rings.